The van der Waals surface area contributed by atoms with E-state index >= 15 is 0 Å². The summed E-state index contributed by atoms with van der Waals surface area (Å²) < 4.78 is 0. The van der Waals surface area contributed by atoms with E-state index in [-0.39, 0.29) is 10.9 Å². The summed E-state index contributed by atoms with van der Waals surface area (Å²) in [6.45, 7) is 3.84. The molecule has 0 aliphatic carbocycles. The molecule has 32 heavy (non-hydrogen) atoms. The quantitative estimate of drug-likeness (QED) is 0.342. The number of benzene rings is 3. The maximum Gasteiger partial charge on any atom is 0.214 e. The first-order valence-corrected chi connectivity index (χ1v) is 10.4. The van der Waals surface area contributed by atoms with E-state index in [0.717, 1.165) is 21.9 Å². The van der Waals surface area contributed by atoms with Crippen molar-refractivity contribution in [1.82, 2.24) is 19.9 Å². The molecule has 7 aromatic rings. The normalized spacial score (nSPS) is 12.3. The topological polar surface area (TPSA) is 85.7 Å². The largest absolute Gasteiger partial charge is 0.287 e. The fourth-order valence-corrected chi connectivity index (χ4v) is 4.86. The third-order valence-corrected chi connectivity index (χ3v) is 6.50. The molecular formula is C26H14N4O2. The van der Waals surface area contributed by atoms with Crippen molar-refractivity contribution in [3.8, 4) is 0 Å². The van der Waals surface area contributed by atoms with E-state index in [1.165, 1.54) is 0 Å². The van der Waals surface area contributed by atoms with E-state index in [4.69, 9.17) is 19.9 Å². The molecule has 0 radical (unpaired) electrons. The monoisotopic (exact) mass is 414 g/mol. The van der Waals surface area contributed by atoms with Gasteiger partial charge in [0.1, 0.15) is 22.1 Å². The molecule has 0 N–H and O–H groups in total. The van der Waals surface area contributed by atoms with Gasteiger partial charge >= 0.3 is 0 Å². The second kappa shape index (κ2) is 5.68. The van der Waals surface area contributed by atoms with Crippen LogP contribution in [-0.2, 0) is 0 Å². The lowest BCUT2D eigenvalue weighted by molar-refractivity contribution is 1.31. The molecule has 5 aromatic carbocycles. The average Bonchev–Trinajstić information content (AvgIpc) is 3.27. The Labute approximate surface area is 179 Å². The van der Waals surface area contributed by atoms with Gasteiger partial charge in [-0.05, 0) is 13.8 Å². The molecule has 7 rings (SSSR count). The minimum atomic E-state index is -0.110. The molecule has 0 unspecified atom stereocenters. The van der Waals surface area contributed by atoms with Crippen LogP contribution in [0.25, 0.3) is 65.7 Å². The Morgan fingerprint density at radius 2 is 0.750 bits per heavy atom. The standard InChI is InChI=1S/C26H14N4O2/c1-11-17-20(30-24-21(27-17)13-7-3-5-9-15(13)26(24)32)12(2)18-19(11)29-23-22(28-18)14-8-4-6-10-16(14)25(23)31/h3-10H,1-2H3. The van der Waals surface area contributed by atoms with Crippen LogP contribution in [0.3, 0.4) is 0 Å². The van der Waals surface area contributed by atoms with Crippen LogP contribution in [0, 0.1) is 13.8 Å². The van der Waals surface area contributed by atoms with Crippen LogP contribution in [-0.4, -0.2) is 19.9 Å². The Balaban J connectivity index is 1.73. The smallest absolute Gasteiger partial charge is 0.214 e. The summed E-state index contributed by atoms with van der Waals surface area (Å²) >= 11 is 0. The summed E-state index contributed by atoms with van der Waals surface area (Å²) in [5.41, 5.74) is 5.94. The molecule has 0 aliphatic rings. The molecule has 2 heterocycles. The van der Waals surface area contributed by atoms with E-state index in [1.807, 2.05) is 50.2 Å². The van der Waals surface area contributed by atoms with Gasteiger partial charge in [-0.2, -0.15) is 0 Å². The van der Waals surface area contributed by atoms with E-state index in [1.54, 1.807) is 12.1 Å². The molecule has 0 fully saturated rings. The van der Waals surface area contributed by atoms with Gasteiger partial charge in [0.05, 0.1) is 22.1 Å². The average molecular weight is 414 g/mol. The van der Waals surface area contributed by atoms with Crippen molar-refractivity contribution >= 4 is 65.7 Å². The maximum absolute atomic E-state index is 13.0. The van der Waals surface area contributed by atoms with Gasteiger partial charge in [-0.15, -0.1) is 0 Å². The number of hydrogen-bond acceptors (Lipinski definition) is 6. The van der Waals surface area contributed by atoms with Crippen LogP contribution in [0.2, 0.25) is 0 Å². The van der Waals surface area contributed by atoms with Crippen molar-refractivity contribution in [3.63, 3.8) is 0 Å². The first-order chi connectivity index (χ1) is 15.5. The van der Waals surface area contributed by atoms with Gasteiger partial charge in [0.25, 0.3) is 0 Å². The molecule has 0 atom stereocenters. The summed E-state index contributed by atoms with van der Waals surface area (Å²) in [6, 6.07) is 14.9. The zero-order valence-electron chi connectivity index (χ0n) is 17.2. The highest BCUT2D eigenvalue weighted by Crippen LogP contribution is 2.33. The molecular weight excluding hydrogens is 400 g/mol. The molecule has 0 aliphatic heterocycles. The minimum Gasteiger partial charge on any atom is -0.287 e. The fraction of sp³-hybridized carbons (Fsp3) is 0.0769. The Morgan fingerprint density at radius 1 is 0.438 bits per heavy atom. The summed E-state index contributed by atoms with van der Waals surface area (Å²) in [5.74, 6) is 0. The third kappa shape index (κ3) is 1.94. The Kier molecular flexibility index (Phi) is 3.08. The number of rotatable bonds is 0. The molecule has 6 heteroatoms. The summed E-state index contributed by atoms with van der Waals surface area (Å²) in [5, 5.41) is 2.83. The Bertz CT molecular complexity index is 1900. The van der Waals surface area contributed by atoms with E-state index in [0.29, 0.717) is 54.9 Å². The van der Waals surface area contributed by atoms with Crippen molar-refractivity contribution in [2.45, 2.75) is 13.8 Å². The minimum absolute atomic E-state index is 0.110. The van der Waals surface area contributed by atoms with Gasteiger partial charge in [-0.1, -0.05) is 48.5 Å². The van der Waals surface area contributed by atoms with Crippen LogP contribution in [0.15, 0.2) is 58.1 Å². The molecule has 0 bridgehead atoms. The number of aromatic nitrogens is 4. The van der Waals surface area contributed by atoms with Crippen LogP contribution in [0.4, 0.5) is 0 Å². The lowest BCUT2D eigenvalue weighted by atomic mass is 10.1. The van der Waals surface area contributed by atoms with Gasteiger partial charge in [-0.3, -0.25) is 9.59 Å². The molecule has 2 aromatic heterocycles. The second-order valence-corrected chi connectivity index (χ2v) is 8.24. The molecule has 0 saturated heterocycles. The number of aryl methyl sites for hydroxylation is 2. The summed E-state index contributed by atoms with van der Waals surface area (Å²) in [7, 11) is 0. The maximum atomic E-state index is 13.0. The highest BCUT2D eigenvalue weighted by Gasteiger charge is 2.21. The van der Waals surface area contributed by atoms with Crippen LogP contribution >= 0.6 is 0 Å². The third-order valence-electron chi connectivity index (χ3n) is 6.50. The van der Waals surface area contributed by atoms with E-state index < -0.39 is 0 Å². The van der Waals surface area contributed by atoms with Crippen LogP contribution in [0.5, 0.6) is 0 Å². The van der Waals surface area contributed by atoms with Crippen molar-refractivity contribution in [2.75, 3.05) is 0 Å². The predicted molar refractivity (Wildman–Crippen MR) is 127 cm³/mol. The predicted octanol–water partition coefficient (Wildman–Crippen LogP) is 4.40. The Morgan fingerprint density at radius 3 is 1.12 bits per heavy atom. The van der Waals surface area contributed by atoms with Crippen molar-refractivity contribution in [1.29, 1.82) is 0 Å². The van der Waals surface area contributed by atoms with Gasteiger partial charge < -0.3 is 0 Å². The molecule has 0 amide bonds. The number of hydrogen-bond donors (Lipinski definition) is 0. The van der Waals surface area contributed by atoms with Gasteiger partial charge in [0.15, 0.2) is 0 Å². The molecule has 0 spiro atoms. The molecule has 6 nitrogen and oxygen atoms in total. The van der Waals surface area contributed by atoms with Gasteiger partial charge in [0, 0.05) is 32.7 Å². The SMILES string of the molecule is Cc1c2nc3c(=O)c4ccccc4c3nc2c(C)c2nc3c(=O)c4ccccc4c3nc12. The first-order valence-electron chi connectivity index (χ1n) is 10.4. The number of fused-ring (bicyclic) bond motifs is 8. The lowest BCUT2D eigenvalue weighted by Crippen LogP contribution is -2.03. The van der Waals surface area contributed by atoms with E-state index in [9.17, 15) is 9.59 Å². The fourth-order valence-electron chi connectivity index (χ4n) is 4.86. The van der Waals surface area contributed by atoms with Crippen LogP contribution in [0.1, 0.15) is 11.1 Å². The highest BCUT2D eigenvalue weighted by molar-refractivity contribution is 6.14. The first kappa shape index (κ1) is 17.4. The molecule has 150 valence electrons. The zero-order chi connectivity index (χ0) is 21.7. The van der Waals surface area contributed by atoms with Crippen molar-refractivity contribution < 1.29 is 0 Å². The highest BCUT2D eigenvalue weighted by atomic mass is 16.1. The van der Waals surface area contributed by atoms with Gasteiger partial charge in [-0.25, -0.2) is 19.9 Å². The second-order valence-electron chi connectivity index (χ2n) is 8.24. The zero-order valence-corrected chi connectivity index (χ0v) is 17.2. The van der Waals surface area contributed by atoms with Gasteiger partial charge in [0.2, 0.25) is 10.9 Å². The van der Waals surface area contributed by atoms with Crippen molar-refractivity contribution in [2.24, 2.45) is 0 Å². The summed E-state index contributed by atoms with van der Waals surface area (Å²) in [6.07, 6.45) is 0. The van der Waals surface area contributed by atoms with E-state index in [2.05, 4.69) is 0 Å². The Hall–Kier alpha value is -4.32. The van der Waals surface area contributed by atoms with Crippen molar-refractivity contribution in [3.05, 3.63) is 80.1 Å². The number of nitrogens with zero attached hydrogens (tertiary/aromatic N) is 4. The van der Waals surface area contributed by atoms with Crippen LogP contribution < -0.4 is 10.9 Å². The summed E-state index contributed by atoms with van der Waals surface area (Å²) in [4.78, 5) is 45.2. The lowest BCUT2D eigenvalue weighted by Gasteiger charge is -2.10. The molecule has 0 saturated carbocycles.